The largest absolute Gasteiger partial charge is 0.381 e. The molecule has 4 heteroatoms. The summed E-state index contributed by atoms with van der Waals surface area (Å²) in [5, 5.41) is 7.46. The van der Waals surface area contributed by atoms with E-state index in [1.165, 1.54) is 28.7 Å². The van der Waals surface area contributed by atoms with Crippen LogP contribution in [0.2, 0.25) is 0 Å². The predicted molar refractivity (Wildman–Crippen MR) is 84.8 cm³/mol. The summed E-state index contributed by atoms with van der Waals surface area (Å²) in [5.41, 5.74) is 4.74. The number of fused-ring (bicyclic) bond motifs is 1. The zero-order chi connectivity index (χ0) is 14.8. The van der Waals surface area contributed by atoms with Crippen LogP contribution >= 0.6 is 0 Å². The smallest absolute Gasteiger partial charge is 0.269 e. The third kappa shape index (κ3) is 3.15. The van der Waals surface area contributed by atoms with Gasteiger partial charge in [0.25, 0.3) is 5.56 Å². The molecule has 1 aromatic heterocycles. The normalized spacial score (nSPS) is 13.5. The van der Waals surface area contributed by atoms with E-state index < -0.39 is 0 Å². The van der Waals surface area contributed by atoms with Crippen LogP contribution in [0, 0.1) is 0 Å². The first-order chi connectivity index (χ1) is 10.1. The number of aryl methyl sites for hydroxylation is 2. The summed E-state index contributed by atoms with van der Waals surface area (Å²) >= 11 is 0. The van der Waals surface area contributed by atoms with Crippen molar-refractivity contribution in [1.29, 1.82) is 0 Å². The Labute approximate surface area is 124 Å². The molecule has 1 N–H and O–H groups in total. The minimum Gasteiger partial charge on any atom is -0.381 e. The number of nitrogens with one attached hydrogen (secondary N) is 1. The molecule has 0 amide bonds. The molecule has 0 saturated heterocycles. The lowest BCUT2D eigenvalue weighted by atomic mass is 10.1. The lowest BCUT2D eigenvalue weighted by Gasteiger charge is -2.11. The predicted octanol–water partition coefficient (Wildman–Crippen LogP) is 2.60. The van der Waals surface area contributed by atoms with E-state index in [2.05, 4.69) is 28.6 Å². The Morgan fingerprint density at radius 1 is 1.24 bits per heavy atom. The maximum Gasteiger partial charge on any atom is 0.269 e. The molecule has 1 aliphatic rings. The minimum absolute atomic E-state index is 0.0684. The van der Waals surface area contributed by atoms with Gasteiger partial charge >= 0.3 is 0 Å². The molecule has 1 aliphatic carbocycles. The van der Waals surface area contributed by atoms with Gasteiger partial charge in [-0.2, -0.15) is 5.10 Å². The third-order valence-electron chi connectivity index (χ3n) is 3.82. The van der Waals surface area contributed by atoms with Gasteiger partial charge in [-0.1, -0.05) is 18.2 Å². The van der Waals surface area contributed by atoms with E-state index in [1.807, 2.05) is 13.8 Å². The van der Waals surface area contributed by atoms with Gasteiger partial charge in [0.05, 0.1) is 18.4 Å². The van der Waals surface area contributed by atoms with Crippen LogP contribution in [0.3, 0.4) is 0 Å². The fourth-order valence-corrected chi connectivity index (χ4v) is 2.86. The van der Waals surface area contributed by atoms with Crippen molar-refractivity contribution >= 4 is 5.69 Å². The average Bonchev–Trinajstić information content (AvgIpc) is 2.88. The van der Waals surface area contributed by atoms with Crippen LogP contribution < -0.4 is 10.9 Å². The summed E-state index contributed by atoms with van der Waals surface area (Å²) in [7, 11) is 0. The quantitative estimate of drug-likeness (QED) is 0.938. The van der Waals surface area contributed by atoms with Crippen LogP contribution in [0.1, 0.15) is 37.0 Å². The second-order valence-corrected chi connectivity index (χ2v) is 6.00. The molecule has 0 saturated carbocycles. The van der Waals surface area contributed by atoms with Crippen molar-refractivity contribution in [3.05, 3.63) is 57.5 Å². The molecule has 0 bridgehead atoms. The summed E-state index contributed by atoms with van der Waals surface area (Å²) in [6, 6.07) is 8.42. The molecule has 4 nitrogen and oxygen atoms in total. The number of anilines is 1. The first kappa shape index (κ1) is 13.9. The van der Waals surface area contributed by atoms with E-state index in [0.29, 0.717) is 12.6 Å². The van der Waals surface area contributed by atoms with Crippen LogP contribution in [-0.4, -0.2) is 15.8 Å². The first-order valence-corrected chi connectivity index (χ1v) is 7.56. The molecule has 0 fully saturated rings. The molecular weight excluding hydrogens is 262 g/mol. The van der Waals surface area contributed by atoms with Crippen LogP contribution in [0.15, 0.2) is 35.3 Å². The van der Waals surface area contributed by atoms with E-state index >= 15 is 0 Å². The zero-order valence-corrected chi connectivity index (χ0v) is 12.6. The molecule has 3 rings (SSSR count). The average molecular weight is 283 g/mol. The molecule has 0 aliphatic heterocycles. The van der Waals surface area contributed by atoms with Gasteiger partial charge in [0.1, 0.15) is 0 Å². The Balaban J connectivity index is 1.80. The lowest BCUT2D eigenvalue weighted by molar-refractivity contribution is 0.638. The van der Waals surface area contributed by atoms with Crippen LogP contribution in [0.4, 0.5) is 5.69 Å². The fourth-order valence-electron chi connectivity index (χ4n) is 2.86. The van der Waals surface area contributed by atoms with E-state index in [-0.39, 0.29) is 5.56 Å². The summed E-state index contributed by atoms with van der Waals surface area (Å²) < 4.78 is 1.52. The monoisotopic (exact) mass is 283 g/mol. The molecule has 1 aromatic carbocycles. The summed E-state index contributed by atoms with van der Waals surface area (Å²) in [4.78, 5) is 12.1. The van der Waals surface area contributed by atoms with Crippen molar-refractivity contribution in [2.75, 3.05) is 5.32 Å². The minimum atomic E-state index is -0.0684. The molecule has 0 atom stereocenters. The summed E-state index contributed by atoms with van der Waals surface area (Å²) in [6.07, 6.45) is 5.30. The highest BCUT2D eigenvalue weighted by Gasteiger charge is 2.11. The SMILES string of the molecule is CC(C)Nc1cnn(Cc2ccc3c(c2)CCC3)c(=O)c1. The van der Waals surface area contributed by atoms with Crippen molar-refractivity contribution in [3.8, 4) is 0 Å². The van der Waals surface area contributed by atoms with Gasteiger partial charge in [0.2, 0.25) is 0 Å². The molecule has 0 spiro atoms. The summed E-state index contributed by atoms with van der Waals surface area (Å²) in [6.45, 7) is 4.61. The number of nitrogens with zero attached hydrogens (tertiary/aromatic N) is 2. The van der Waals surface area contributed by atoms with Crippen LogP contribution in [0.5, 0.6) is 0 Å². The highest BCUT2D eigenvalue weighted by molar-refractivity contribution is 5.40. The molecule has 2 aromatic rings. The number of hydrogen-bond acceptors (Lipinski definition) is 3. The Morgan fingerprint density at radius 3 is 2.81 bits per heavy atom. The number of rotatable bonds is 4. The van der Waals surface area contributed by atoms with E-state index in [9.17, 15) is 4.79 Å². The molecule has 21 heavy (non-hydrogen) atoms. The molecular formula is C17H21N3O. The van der Waals surface area contributed by atoms with Gasteiger partial charge in [0.15, 0.2) is 0 Å². The van der Waals surface area contributed by atoms with Gasteiger partial charge in [-0.3, -0.25) is 4.79 Å². The van der Waals surface area contributed by atoms with Crippen molar-refractivity contribution in [3.63, 3.8) is 0 Å². The van der Waals surface area contributed by atoms with Crippen molar-refractivity contribution in [1.82, 2.24) is 9.78 Å². The van der Waals surface area contributed by atoms with Gasteiger partial charge < -0.3 is 5.32 Å². The second kappa shape index (κ2) is 5.72. The van der Waals surface area contributed by atoms with Gasteiger partial charge in [0, 0.05) is 12.1 Å². The number of benzene rings is 1. The maximum atomic E-state index is 12.1. The van der Waals surface area contributed by atoms with Crippen molar-refractivity contribution in [2.24, 2.45) is 0 Å². The number of hydrogen-bond donors (Lipinski definition) is 1. The zero-order valence-electron chi connectivity index (χ0n) is 12.6. The van der Waals surface area contributed by atoms with Gasteiger partial charge in [-0.15, -0.1) is 0 Å². The molecule has 0 unspecified atom stereocenters. The van der Waals surface area contributed by atoms with E-state index in [1.54, 1.807) is 12.3 Å². The Morgan fingerprint density at radius 2 is 2.05 bits per heavy atom. The second-order valence-electron chi connectivity index (χ2n) is 6.00. The van der Waals surface area contributed by atoms with E-state index in [4.69, 9.17) is 0 Å². The Hall–Kier alpha value is -2.10. The van der Waals surface area contributed by atoms with Crippen molar-refractivity contribution in [2.45, 2.75) is 45.7 Å². The topological polar surface area (TPSA) is 46.9 Å². The lowest BCUT2D eigenvalue weighted by Crippen LogP contribution is -2.24. The first-order valence-electron chi connectivity index (χ1n) is 7.56. The number of aromatic nitrogens is 2. The molecule has 0 radical (unpaired) electrons. The highest BCUT2D eigenvalue weighted by atomic mass is 16.1. The van der Waals surface area contributed by atoms with Gasteiger partial charge in [-0.25, -0.2) is 4.68 Å². The highest BCUT2D eigenvalue weighted by Crippen LogP contribution is 2.22. The van der Waals surface area contributed by atoms with E-state index in [0.717, 1.165) is 17.7 Å². The summed E-state index contributed by atoms with van der Waals surface area (Å²) in [5.74, 6) is 0. The molecule has 1 heterocycles. The Kier molecular flexibility index (Phi) is 3.78. The fraction of sp³-hybridized carbons (Fsp3) is 0.412. The van der Waals surface area contributed by atoms with Crippen LogP contribution in [-0.2, 0) is 19.4 Å². The van der Waals surface area contributed by atoms with Crippen LogP contribution in [0.25, 0.3) is 0 Å². The van der Waals surface area contributed by atoms with Gasteiger partial charge in [-0.05, 0) is 49.8 Å². The molecule has 110 valence electrons. The Bertz CT molecular complexity index is 703. The third-order valence-corrected chi connectivity index (χ3v) is 3.82. The maximum absolute atomic E-state index is 12.1. The van der Waals surface area contributed by atoms with Crippen molar-refractivity contribution < 1.29 is 0 Å². The standard InChI is InChI=1S/C17H21N3O/c1-12(2)19-16-9-17(21)20(18-10-16)11-13-6-7-14-4-3-5-15(14)8-13/h6-10,12,19H,3-5,11H2,1-2H3.